The molecule has 2 aromatic heterocycles. The highest BCUT2D eigenvalue weighted by atomic mass is 32.2. The first-order valence-corrected chi connectivity index (χ1v) is 12.2. The number of piperidine rings is 1. The summed E-state index contributed by atoms with van der Waals surface area (Å²) in [5.41, 5.74) is 1.30. The van der Waals surface area contributed by atoms with Crippen molar-refractivity contribution in [2.75, 3.05) is 18.8 Å². The maximum atomic E-state index is 13.2. The molecule has 0 spiro atoms. The number of aromatic nitrogens is 2. The molecule has 0 radical (unpaired) electrons. The van der Waals surface area contributed by atoms with Crippen LogP contribution in [0.25, 0.3) is 10.2 Å². The van der Waals surface area contributed by atoms with Gasteiger partial charge in [0.15, 0.2) is 5.16 Å². The van der Waals surface area contributed by atoms with Crippen LogP contribution in [0.3, 0.4) is 0 Å². The van der Waals surface area contributed by atoms with Gasteiger partial charge in [-0.15, -0.1) is 11.3 Å². The number of nitrogens with zero attached hydrogens (tertiary/aromatic N) is 3. The Hall–Kier alpha value is -1.34. The van der Waals surface area contributed by atoms with Gasteiger partial charge in [0.2, 0.25) is 5.91 Å². The molecule has 0 N–H and O–H groups in total. The molecule has 0 bridgehead atoms. The quantitative estimate of drug-likeness (QED) is 0.556. The van der Waals surface area contributed by atoms with E-state index in [0.29, 0.717) is 29.3 Å². The third-order valence-electron chi connectivity index (χ3n) is 6.16. The van der Waals surface area contributed by atoms with E-state index >= 15 is 0 Å². The third-order valence-corrected chi connectivity index (χ3v) is 8.27. The summed E-state index contributed by atoms with van der Waals surface area (Å²) in [4.78, 5) is 34.8. The number of amides is 1. The highest BCUT2D eigenvalue weighted by molar-refractivity contribution is 7.99. The van der Waals surface area contributed by atoms with Crippen molar-refractivity contribution < 1.29 is 4.79 Å². The van der Waals surface area contributed by atoms with Crippen LogP contribution in [0.1, 0.15) is 50.5 Å². The van der Waals surface area contributed by atoms with Gasteiger partial charge in [-0.2, -0.15) is 0 Å². The zero-order valence-corrected chi connectivity index (χ0v) is 18.6. The predicted molar refractivity (Wildman–Crippen MR) is 116 cm³/mol. The van der Waals surface area contributed by atoms with Crippen LogP contribution in [-0.4, -0.2) is 39.2 Å². The van der Waals surface area contributed by atoms with Crippen molar-refractivity contribution in [3.8, 4) is 0 Å². The molecule has 152 valence electrons. The van der Waals surface area contributed by atoms with Crippen LogP contribution >= 0.6 is 23.1 Å². The molecule has 1 fully saturated rings. The van der Waals surface area contributed by atoms with Crippen LogP contribution in [0.15, 0.2) is 9.95 Å². The van der Waals surface area contributed by atoms with Crippen LogP contribution in [0.2, 0.25) is 0 Å². The minimum absolute atomic E-state index is 0.0706. The lowest BCUT2D eigenvalue weighted by atomic mass is 9.89. The van der Waals surface area contributed by atoms with Crippen LogP contribution in [0.4, 0.5) is 0 Å². The molecule has 1 saturated heterocycles. The molecule has 7 heteroatoms. The highest BCUT2D eigenvalue weighted by Crippen LogP contribution is 2.36. The molecule has 2 aromatic rings. The third kappa shape index (κ3) is 3.75. The van der Waals surface area contributed by atoms with Crippen LogP contribution in [0.5, 0.6) is 0 Å². The summed E-state index contributed by atoms with van der Waals surface area (Å²) >= 11 is 3.10. The first-order chi connectivity index (χ1) is 13.5. The van der Waals surface area contributed by atoms with E-state index in [-0.39, 0.29) is 11.5 Å². The molecule has 4 rings (SSSR count). The van der Waals surface area contributed by atoms with Gasteiger partial charge >= 0.3 is 0 Å². The topological polar surface area (TPSA) is 55.2 Å². The monoisotopic (exact) mass is 419 g/mol. The van der Waals surface area contributed by atoms with E-state index in [2.05, 4.69) is 13.8 Å². The van der Waals surface area contributed by atoms with E-state index in [1.165, 1.54) is 22.2 Å². The first kappa shape index (κ1) is 20.0. The van der Waals surface area contributed by atoms with Crippen LogP contribution in [0, 0.1) is 11.8 Å². The fourth-order valence-corrected chi connectivity index (χ4v) is 6.66. The number of rotatable bonds is 4. The molecule has 0 saturated carbocycles. The Bertz CT molecular complexity index is 941. The van der Waals surface area contributed by atoms with Gasteiger partial charge in [-0.05, 0) is 56.4 Å². The molecular weight excluding hydrogens is 390 g/mol. The number of fused-ring (bicyclic) bond motifs is 3. The van der Waals surface area contributed by atoms with Gasteiger partial charge in [-0.25, -0.2) is 4.98 Å². The van der Waals surface area contributed by atoms with Crippen molar-refractivity contribution in [1.29, 1.82) is 0 Å². The zero-order chi connectivity index (χ0) is 19.8. The van der Waals surface area contributed by atoms with E-state index in [1.54, 1.807) is 15.9 Å². The van der Waals surface area contributed by atoms with Gasteiger partial charge in [0.25, 0.3) is 5.56 Å². The number of likely N-dealkylation sites (tertiary alicyclic amines) is 1. The summed E-state index contributed by atoms with van der Waals surface area (Å²) in [6, 6.07) is 0. The Morgan fingerprint density at radius 2 is 1.96 bits per heavy atom. The van der Waals surface area contributed by atoms with Crippen LogP contribution < -0.4 is 5.56 Å². The summed E-state index contributed by atoms with van der Waals surface area (Å²) in [7, 11) is 0. The molecule has 1 aliphatic carbocycles. The number of hydrogen-bond acceptors (Lipinski definition) is 5. The maximum absolute atomic E-state index is 13.2. The minimum atomic E-state index is 0.0706. The summed E-state index contributed by atoms with van der Waals surface area (Å²) in [6.45, 7) is 8.79. The van der Waals surface area contributed by atoms with Crippen molar-refractivity contribution in [1.82, 2.24) is 14.5 Å². The van der Waals surface area contributed by atoms with Gasteiger partial charge in [0, 0.05) is 24.5 Å². The van der Waals surface area contributed by atoms with Gasteiger partial charge in [-0.3, -0.25) is 14.2 Å². The Labute approximate surface area is 174 Å². The number of aryl methyl sites for hydroxylation is 1. The number of hydrogen-bond donors (Lipinski definition) is 0. The van der Waals surface area contributed by atoms with E-state index < -0.39 is 0 Å². The lowest BCUT2D eigenvalue weighted by Gasteiger charge is -2.30. The molecule has 2 aliphatic rings. The SMILES string of the molecule is CCn1c(SCC(=O)N2CCC(C)CC2)nc2sc3c(c2c1=O)CC[C@H](C)C3. The second-order valence-electron chi connectivity index (χ2n) is 8.33. The zero-order valence-electron chi connectivity index (χ0n) is 17.0. The Kier molecular flexibility index (Phi) is 5.83. The molecule has 1 aliphatic heterocycles. The Morgan fingerprint density at radius 1 is 1.21 bits per heavy atom. The summed E-state index contributed by atoms with van der Waals surface area (Å²) in [6.07, 6.45) is 5.34. The molecule has 0 aromatic carbocycles. The minimum Gasteiger partial charge on any atom is -0.342 e. The van der Waals surface area contributed by atoms with Crippen molar-refractivity contribution in [2.24, 2.45) is 11.8 Å². The predicted octanol–water partition coefficient (Wildman–Crippen LogP) is 3.95. The fraction of sp³-hybridized carbons (Fsp3) is 0.667. The Balaban J connectivity index is 1.59. The van der Waals surface area contributed by atoms with E-state index in [9.17, 15) is 9.59 Å². The second kappa shape index (κ2) is 8.19. The smallest absolute Gasteiger partial charge is 0.263 e. The largest absolute Gasteiger partial charge is 0.342 e. The van der Waals surface area contributed by atoms with Gasteiger partial charge in [-0.1, -0.05) is 25.6 Å². The fourth-order valence-electron chi connectivity index (χ4n) is 4.27. The molecule has 1 amide bonds. The Morgan fingerprint density at radius 3 is 2.68 bits per heavy atom. The summed E-state index contributed by atoms with van der Waals surface area (Å²) in [5.74, 6) is 1.90. The van der Waals surface area contributed by atoms with Crippen molar-refractivity contribution >= 4 is 39.2 Å². The molecule has 28 heavy (non-hydrogen) atoms. The molecule has 1 atom stereocenters. The normalized spacial score (nSPS) is 20.5. The van der Waals surface area contributed by atoms with E-state index in [1.807, 2.05) is 11.8 Å². The lowest BCUT2D eigenvalue weighted by Crippen LogP contribution is -2.39. The van der Waals surface area contributed by atoms with Crippen LogP contribution in [-0.2, 0) is 24.2 Å². The first-order valence-electron chi connectivity index (χ1n) is 10.4. The molecule has 5 nitrogen and oxygen atoms in total. The second-order valence-corrected chi connectivity index (χ2v) is 10.4. The summed E-state index contributed by atoms with van der Waals surface area (Å²) < 4.78 is 1.75. The standard InChI is InChI=1S/C21H29N3O2S2/c1-4-24-20(26)18-15-6-5-14(3)11-16(15)28-19(18)22-21(24)27-12-17(25)23-9-7-13(2)8-10-23/h13-14H,4-12H2,1-3H3/t14-/m0/s1. The number of carbonyl (C=O) groups is 1. The van der Waals surface area contributed by atoms with Gasteiger partial charge < -0.3 is 4.90 Å². The average Bonchev–Trinajstić information content (AvgIpc) is 3.04. The van der Waals surface area contributed by atoms with Gasteiger partial charge in [0.1, 0.15) is 4.83 Å². The van der Waals surface area contributed by atoms with E-state index in [4.69, 9.17) is 4.98 Å². The van der Waals surface area contributed by atoms with Gasteiger partial charge in [0.05, 0.1) is 11.1 Å². The number of thiophene rings is 1. The van der Waals surface area contributed by atoms with E-state index in [0.717, 1.165) is 55.4 Å². The molecule has 3 heterocycles. The number of thioether (sulfide) groups is 1. The average molecular weight is 420 g/mol. The number of carbonyl (C=O) groups excluding carboxylic acids is 1. The maximum Gasteiger partial charge on any atom is 0.263 e. The molecule has 0 unspecified atom stereocenters. The summed E-state index contributed by atoms with van der Waals surface area (Å²) in [5, 5.41) is 1.51. The molecular formula is C21H29N3O2S2. The van der Waals surface area contributed by atoms with Crippen molar-refractivity contribution in [2.45, 2.75) is 64.6 Å². The highest BCUT2D eigenvalue weighted by Gasteiger charge is 2.25. The van der Waals surface area contributed by atoms with Crippen molar-refractivity contribution in [3.05, 3.63) is 20.8 Å². The lowest BCUT2D eigenvalue weighted by molar-refractivity contribution is -0.129. The van der Waals surface area contributed by atoms with Crippen molar-refractivity contribution in [3.63, 3.8) is 0 Å².